The van der Waals surface area contributed by atoms with Gasteiger partial charge in [-0.3, -0.25) is 14.4 Å². The Balaban J connectivity index is 1.78. The van der Waals surface area contributed by atoms with E-state index >= 15 is 0 Å². The molecule has 2 aromatic rings. The summed E-state index contributed by atoms with van der Waals surface area (Å²) in [5.41, 5.74) is 1.64. The minimum Gasteiger partial charge on any atom is -0.354 e. The van der Waals surface area contributed by atoms with E-state index in [1.54, 1.807) is 36.4 Å². The number of benzene rings is 1. The first kappa shape index (κ1) is 21.5. The third-order valence-electron chi connectivity index (χ3n) is 4.81. The highest BCUT2D eigenvalue weighted by molar-refractivity contribution is 7.15. The monoisotopic (exact) mass is 423 g/mol. The van der Waals surface area contributed by atoms with Crippen LogP contribution >= 0.6 is 11.3 Å². The van der Waals surface area contributed by atoms with Crippen LogP contribution in [0.3, 0.4) is 0 Å². The first-order valence-corrected chi connectivity index (χ1v) is 10.7. The number of carbonyl (C=O) groups excluding carboxylic acids is 3. The lowest BCUT2D eigenvalue weighted by Crippen LogP contribution is -2.45. The van der Waals surface area contributed by atoms with Crippen LogP contribution in [0.4, 0.5) is 5.69 Å². The van der Waals surface area contributed by atoms with E-state index in [2.05, 4.69) is 22.5 Å². The molecule has 1 saturated heterocycles. The van der Waals surface area contributed by atoms with E-state index in [-0.39, 0.29) is 17.7 Å². The van der Waals surface area contributed by atoms with Crippen molar-refractivity contribution in [1.82, 2.24) is 10.6 Å². The van der Waals surface area contributed by atoms with Gasteiger partial charge in [0.05, 0.1) is 16.1 Å². The standard InChI is InChI=1S/C23H25N3O3S/c1-3-9-15-14-20(30-19(15)4-2)23(29)25-17-11-6-5-10-16(17)21(27)26-18-12-7-8-13-24-22(18)28/h3-6,9-11,14,18H,2,7-8,12-13H2,1H3,(H,24,28)(H,25,29)(H,26,27)/b9-3-. The number of amides is 3. The lowest BCUT2D eigenvalue weighted by atomic mass is 10.1. The van der Waals surface area contributed by atoms with E-state index in [0.717, 1.165) is 23.3 Å². The smallest absolute Gasteiger partial charge is 0.265 e. The molecule has 0 spiro atoms. The number of allylic oxidation sites excluding steroid dienone is 1. The Labute approximate surface area is 180 Å². The molecule has 3 N–H and O–H groups in total. The zero-order chi connectivity index (χ0) is 21.5. The van der Waals surface area contributed by atoms with Crippen LogP contribution in [0, 0.1) is 0 Å². The van der Waals surface area contributed by atoms with Gasteiger partial charge in [-0.2, -0.15) is 0 Å². The second-order valence-corrected chi connectivity index (χ2v) is 8.03. The second-order valence-electron chi connectivity index (χ2n) is 6.95. The van der Waals surface area contributed by atoms with Crippen molar-refractivity contribution in [3.05, 3.63) is 63.9 Å². The largest absolute Gasteiger partial charge is 0.354 e. The Morgan fingerprint density at radius 1 is 1.23 bits per heavy atom. The van der Waals surface area contributed by atoms with Crippen LogP contribution in [0.5, 0.6) is 0 Å². The van der Waals surface area contributed by atoms with Crippen molar-refractivity contribution >= 4 is 46.9 Å². The van der Waals surface area contributed by atoms with E-state index in [9.17, 15) is 14.4 Å². The summed E-state index contributed by atoms with van der Waals surface area (Å²) in [6.45, 7) is 6.33. The highest BCUT2D eigenvalue weighted by atomic mass is 32.1. The van der Waals surface area contributed by atoms with Gasteiger partial charge in [0.15, 0.2) is 0 Å². The lowest BCUT2D eigenvalue weighted by Gasteiger charge is -2.17. The minimum atomic E-state index is -0.570. The third-order valence-corrected chi connectivity index (χ3v) is 5.95. The zero-order valence-corrected chi connectivity index (χ0v) is 17.7. The highest BCUT2D eigenvalue weighted by Crippen LogP contribution is 2.26. The van der Waals surface area contributed by atoms with Gasteiger partial charge in [0.2, 0.25) is 5.91 Å². The molecule has 0 bridgehead atoms. The molecule has 156 valence electrons. The topological polar surface area (TPSA) is 87.3 Å². The fourth-order valence-electron chi connectivity index (χ4n) is 3.29. The van der Waals surface area contributed by atoms with Crippen LogP contribution < -0.4 is 16.0 Å². The number of anilines is 1. The Morgan fingerprint density at radius 2 is 2.03 bits per heavy atom. The molecule has 2 heterocycles. The van der Waals surface area contributed by atoms with Crippen molar-refractivity contribution in [3.63, 3.8) is 0 Å². The number of carbonyl (C=O) groups is 3. The van der Waals surface area contributed by atoms with Crippen molar-refractivity contribution in [2.75, 3.05) is 11.9 Å². The molecule has 3 rings (SSSR count). The molecule has 1 atom stereocenters. The summed E-state index contributed by atoms with van der Waals surface area (Å²) in [7, 11) is 0. The van der Waals surface area contributed by atoms with Crippen molar-refractivity contribution in [2.45, 2.75) is 32.2 Å². The molecule has 6 nitrogen and oxygen atoms in total. The summed E-state index contributed by atoms with van der Waals surface area (Å²) in [4.78, 5) is 39.2. The molecular weight excluding hydrogens is 398 g/mol. The Kier molecular flexibility index (Phi) is 7.19. The summed E-state index contributed by atoms with van der Waals surface area (Å²) in [5.74, 6) is -0.860. The number of nitrogens with one attached hydrogen (secondary N) is 3. The van der Waals surface area contributed by atoms with Gasteiger partial charge in [-0.1, -0.05) is 36.9 Å². The van der Waals surface area contributed by atoms with Gasteiger partial charge >= 0.3 is 0 Å². The van der Waals surface area contributed by atoms with Crippen molar-refractivity contribution in [1.29, 1.82) is 0 Å². The van der Waals surface area contributed by atoms with Crippen molar-refractivity contribution in [3.8, 4) is 0 Å². The van der Waals surface area contributed by atoms with Crippen LogP contribution in [0.2, 0.25) is 0 Å². The van der Waals surface area contributed by atoms with E-state index in [1.165, 1.54) is 11.3 Å². The zero-order valence-electron chi connectivity index (χ0n) is 16.9. The summed E-state index contributed by atoms with van der Waals surface area (Å²) in [5, 5.41) is 8.43. The van der Waals surface area contributed by atoms with E-state index in [1.807, 2.05) is 19.1 Å². The average molecular weight is 424 g/mol. The molecule has 0 aliphatic carbocycles. The molecule has 3 amide bonds. The van der Waals surface area contributed by atoms with Crippen LogP contribution in [-0.2, 0) is 4.79 Å². The molecule has 1 aliphatic heterocycles. The molecule has 1 aliphatic rings. The Bertz CT molecular complexity index is 993. The Morgan fingerprint density at radius 3 is 2.80 bits per heavy atom. The first-order valence-electron chi connectivity index (χ1n) is 9.91. The van der Waals surface area contributed by atoms with Crippen LogP contribution in [0.15, 0.2) is 43.0 Å². The summed E-state index contributed by atoms with van der Waals surface area (Å²) >= 11 is 1.34. The molecule has 1 aromatic heterocycles. The second kappa shape index (κ2) is 10.0. The SMILES string of the molecule is C=Cc1sc(C(=O)Nc2ccccc2C(=O)NC2CCCCNC2=O)cc1/C=C\C. The van der Waals surface area contributed by atoms with Crippen LogP contribution in [0.25, 0.3) is 12.2 Å². The summed E-state index contributed by atoms with van der Waals surface area (Å²) in [6, 6.07) is 8.01. The number of rotatable bonds is 6. The first-order chi connectivity index (χ1) is 14.5. The quantitative estimate of drug-likeness (QED) is 0.654. The molecule has 1 aromatic carbocycles. The maximum atomic E-state index is 12.8. The third kappa shape index (κ3) is 5.04. The summed E-state index contributed by atoms with van der Waals surface area (Å²) < 4.78 is 0. The molecule has 7 heteroatoms. The van der Waals surface area contributed by atoms with Crippen LogP contribution in [-0.4, -0.2) is 30.3 Å². The number of hydrogen-bond donors (Lipinski definition) is 3. The number of para-hydroxylation sites is 1. The van der Waals surface area contributed by atoms with Gasteiger partial charge < -0.3 is 16.0 Å². The van der Waals surface area contributed by atoms with Gasteiger partial charge in [0.25, 0.3) is 11.8 Å². The molecule has 1 unspecified atom stereocenters. The Hall–Kier alpha value is -3.19. The van der Waals surface area contributed by atoms with Gasteiger partial charge in [0, 0.05) is 11.4 Å². The van der Waals surface area contributed by atoms with E-state index < -0.39 is 6.04 Å². The number of hydrogen-bond acceptors (Lipinski definition) is 4. The van der Waals surface area contributed by atoms with Crippen LogP contribution in [0.1, 0.15) is 56.7 Å². The fourth-order valence-corrected chi connectivity index (χ4v) is 4.18. The summed E-state index contributed by atoms with van der Waals surface area (Å²) in [6.07, 6.45) is 7.90. The predicted octanol–water partition coefficient (Wildman–Crippen LogP) is 4.08. The average Bonchev–Trinajstić information content (AvgIpc) is 3.05. The normalized spacial score (nSPS) is 16.6. The molecule has 0 radical (unpaired) electrons. The predicted molar refractivity (Wildman–Crippen MR) is 122 cm³/mol. The molecule has 30 heavy (non-hydrogen) atoms. The van der Waals surface area contributed by atoms with E-state index in [0.29, 0.717) is 29.1 Å². The van der Waals surface area contributed by atoms with Crippen molar-refractivity contribution in [2.24, 2.45) is 0 Å². The highest BCUT2D eigenvalue weighted by Gasteiger charge is 2.24. The van der Waals surface area contributed by atoms with E-state index in [4.69, 9.17) is 0 Å². The van der Waals surface area contributed by atoms with Gasteiger partial charge in [-0.15, -0.1) is 11.3 Å². The molecule has 0 saturated carbocycles. The number of thiophene rings is 1. The fraction of sp³-hybridized carbons (Fsp3) is 0.261. The lowest BCUT2D eigenvalue weighted by molar-refractivity contribution is -0.122. The van der Waals surface area contributed by atoms with Gasteiger partial charge in [-0.25, -0.2) is 0 Å². The maximum Gasteiger partial charge on any atom is 0.265 e. The molecule has 1 fully saturated rings. The van der Waals surface area contributed by atoms with Gasteiger partial charge in [0.1, 0.15) is 6.04 Å². The molecular formula is C23H25N3O3S. The minimum absolute atomic E-state index is 0.172. The van der Waals surface area contributed by atoms with Crippen molar-refractivity contribution < 1.29 is 14.4 Å². The van der Waals surface area contributed by atoms with Gasteiger partial charge in [-0.05, 0) is 49.9 Å². The maximum absolute atomic E-state index is 12.8.